The molecule has 1 aliphatic heterocycles. The zero-order valence-corrected chi connectivity index (χ0v) is 16.6. The Kier molecular flexibility index (Phi) is 4.77. The maximum absolute atomic E-state index is 13.6. The number of aryl methyl sites for hydroxylation is 1. The molecule has 4 rings (SSSR count). The van der Waals surface area contributed by atoms with Gasteiger partial charge in [0.25, 0.3) is 5.91 Å². The van der Waals surface area contributed by atoms with Crippen LogP contribution in [0.5, 0.6) is 0 Å². The summed E-state index contributed by atoms with van der Waals surface area (Å²) in [7, 11) is 1.36. The van der Waals surface area contributed by atoms with Crippen LogP contribution >= 0.6 is 0 Å². The number of amides is 1. The summed E-state index contributed by atoms with van der Waals surface area (Å²) in [6.45, 7) is 3.82. The average Bonchev–Trinajstić information content (AvgIpc) is 3.05. The first-order valence-electron chi connectivity index (χ1n) is 9.42. The van der Waals surface area contributed by atoms with E-state index in [1.165, 1.54) is 7.11 Å². The van der Waals surface area contributed by atoms with Gasteiger partial charge in [0.1, 0.15) is 0 Å². The van der Waals surface area contributed by atoms with Gasteiger partial charge in [-0.3, -0.25) is 9.69 Å². The number of rotatable bonds is 3. The molecule has 0 bridgehead atoms. The molecule has 4 nitrogen and oxygen atoms in total. The molecule has 0 N–H and O–H groups in total. The minimum atomic E-state index is -0.416. The van der Waals surface area contributed by atoms with Gasteiger partial charge in [0.2, 0.25) is 0 Å². The number of hydrogen-bond donors (Lipinski definition) is 0. The molecule has 0 spiro atoms. The van der Waals surface area contributed by atoms with E-state index >= 15 is 0 Å². The van der Waals surface area contributed by atoms with Gasteiger partial charge in [0.05, 0.1) is 29.6 Å². The molecule has 0 fully saturated rings. The van der Waals surface area contributed by atoms with E-state index in [1.807, 2.05) is 80.6 Å². The van der Waals surface area contributed by atoms with Gasteiger partial charge in [0.15, 0.2) is 0 Å². The first kappa shape index (κ1) is 18.7. The van der Waals surface area contributed by atoms with E-state index in [9.17, 15) is 9.59 Å². The number of benzene rings is 3. The number of carbonyl (C=O) groups excluding carboxylic acids is 2. The molecule has 0 radical (unpaired) electrons. The lowest BCUT2D eigenvalue weighted by atomic mass is 9.97. The molecule has 144 valence electrons. The first-order chi connectivity index (χ1) is 14.0. The monoisotopic (exact) mass is 383 g/mol. The molecular weight excluding hydrogens is 362 g/mol. The van der Waals surface area contributed by atoms with Crippen LogP contribution in [0.4, 0.5) is 11.4 Å². The van der Waals surface area contributed by atoms with Crippen LogP contribution in [0.3, 0.4) is 0 Å². The van der Waals surface area contributed by atoms with Crippen molar-refractivity contribution < 1.29 is 14.3 Å². The number of hydrogen-bond acceptors (Lipinski definition) is 3. The highest BCUT2D eigenvalue weighted by molar-refractivity contribution is 6.39. The van der Waals surface area contributed by atoms with E-state index in [1.54, 1.807) is 11.0 Å². The van der Waals surface area contributed by atoms with Crippen molar-refractivity contribution in [2.75, 3.05) is 12.0 Å². The molecule has 1 amide bonds. The summed E-state index contributed by atoms with van der Waals surface area (Å²) in [6, 6.07) is 23.0. The van der Waals surface area contributed by atoms with Gasteiger partial charge in [-0.15, -0.1) is 0 Å². The van der Waals surface area contributed by atoms with Crippen LogP contribution in [0.2, 0.25) is 0 Å². The first-order valence-corrected chi connectivity index (χ1v) is 9.42. The Morgan fingerprint density at radius 1 is 0.931 bits per heavy atom. The molecule has 3 aromatic rings. The number of para-hydroxylation sites is 1. The number of esters is 1. The van der Waals surface area contributed by atoms with E-state index in [0.29, 0.717) is 16.8 Å². The van der Waals surface area contributed by atoms with Crippen LogP contribution < -0.4 is 4.90 Å². The smallest absolute Gasteiger partial charge is 0.338 e. The maximum Gasteiger partial charge on any atom is 0.338 e. The quantitative estimate of drug-likeness (QED) is 0.450. The van der Waals surface area contributed by atoms with Crippen LogP contribution in [0, 0.1) is 6.92 Å². The molecule has 0 saturated heterocycles. The number of allylic oxidation sites excluding steroid dienone is 1. The highest BCUT2D eigenvalue weighted by Gasteiger charge is 2.35. The summed E-state index contributed by atoms with van der Waals surface area (Å²) in [4.78, 5) is 27.4. The molecule has 1 heterocycles. The zero-order chi connectivity index (χ0) is 20.5. The summed E-state index contributed by atoms with van der Waals surface area (Å²) < 4.78 is 4.90. The fourth-order valence-electron chi connectivity index (χ4n) is 3.75. The second-order valence-corrected chi connectivity index (χ2v) is 7.01. The van der Waals surface area contributed by atoms with Crippen LogP contribution in [-0.4, -0.2) is 19.0 Å². The number of anilines is 2. The summed E-state index contributed by atoms with van der Waals surface area (Å²) >= 11 is 0. The summed E-state index contributed by atoms with van der Waals surface area (Å²) in [5.41, 5.74) is 6.19. The predicted octanol–water partition coefficient (Wildman–Crippen LogP) is 5.39. The molecule has 0 atom stereocenters. The van der Waals surface area contributed by atoms with Crippen molar-refractivity contribution in [2.45, 2.75) is 13.8 Å². The maximum atomic E-state index is 13.6. The number of methoxy groups -OCH3 is 1. The third kappa shape index (κ3) is 3.13. The fourth-order valence-corrected chi connectivity index (χ4v) is 3.75. The van der Waals surface area contributed by atoms with Crippen molar-refractivity contribution >= 4 is 34.4 Å². The predicted molar refractivity (Wildman–Crippen MR) is 115 cm³/mol. The van der Waals surface area contributed by atoms with Gasteiger partial charge < -0.3 is 4.74 Å². The SMILES string of the molecule is COC(=O)c1cc(N2C(=O)/C(=C(\C)c3ccccc3)c3ccccc32)ccc1C. The highest BCUT2D eigenvalue weighted by atomic mass is 16.5. The fraction of sp³-hybridized carbons (Fsp3) is 0.120. The van der Waals surface area contributed by atoms with E-state index < -0.39 is 5.97 Å². The summed E-state index contributed by atoms with van der Waals surface area (Å²) in [5, 5.41) is 0. The van der Waals surface area contributed by atoms with Crippen LogP contribution in [0.15, 0.2) is 72.8 Å². The Hall–Kier alpha value is -3.66. The van der Waals surface area contributed by atoms with E-state index in [-0.39, 0.29) is 5.91 Å². The standard InChI is InChI=1S/C25H21NO3/c1-16-13-14-19(15-21(16)25(28)29-3)26-22-12-8-7-11-20(22)23(24(26)27)17(2)18-9-5-4-6-10-18/h4-15H,1-3H3/b23-17+. The Bertz CT molecular complexity index is 1150. The van der Waals surface area contributed by atoms with E-state index in [2.05, 4.69) is 0 Å². The largest absolute Gasteiger partial charge is 0.465 e. The van der Waals surface area contributed by atoms with Gasteiger partial charge in [-0.1, -0.05) is 54.6 Å². The second-order valence-electron chi connectivity index (χ2n) is 7.01. The second kappa shape index (κ2) is 7.40. The topological polar surface area (TPSA) is 46.6 Å². The molecule has 0 saturated carbocycles. The van der Waals surface area contributed by atoms with Crippen molar-refractivity contribution in [1.82, 2.24) is 0 Å². The lowest BCUT2D eigenvalue weighted by molar-refractivity contribution is -0.112. The highest BCUT2D eigenvalue weighted by Crippen LogP contribution is 2.44. The van der Waals surface area contributed by atoms with Gasteiger partial charge >= 0.3 is 5.97 Å². The Labute approximate surface area is 170 Å². The van der Waals surface area contributed by atoms with Gasteiger partial charge in [0, 0.05) is 5.56 Å². The number of carbonyl (C=O) groups is 2. The molecule has 0 aromatic heterocycles. The van der Waals surface area contributed by atoms with Gasteiger partial charge in [-0.05, 0) is 48.7 Å². The molecule has 1 aliphatic rings. The number of ether oxygens (including phenoxy) is 1. The van der Waals surface area contributed by atoms with Gasteiger partial charge in [-0.2, -0.15) is 0 Å². The number of nitrogens with zero attached hydrogens (tertiary/aromatic N) is 1. The minimum Gasteiger partial charge on any atom is -0.465 e. The molecule has 3 aromatic carbocycles. The van der Waals surface area contributed by atoms with Crippen molar-refractivity contribution in [3.63, 3.8) is 0 Å². The Morgan fingerprint density at radius 2 is 1.62 bits per heavy atom. The third-order valence-electron chi connectivity index (χ3n) is 5.30. The van der Waals surface area contributed by atoms with Crippen LogP contribution in [-0.2, 0) is 9.53 Å². The average molecular weight is 383 g/mol. The van der Waals surface area contributed by atoms with Crippen molar-refractivity contribution in [3.8, 4) is 0 Å². The van der Waals surface area contributed by atoms with Crippen LogP contribution in [0.1, 0.15) is 34.0 Å². The van der Waals surface area contributed by atoms with Gasteiger partial charge in [-0.25, -0.2) is 4.79 Å². The molecule has 29 heavy (non-hydrogen) atoms. The molecule has 0 unspecified atom stereocenters. The Morgan fingerprint density at radius 3 is 2.34 bits per heavy atom. The minimum absolute atomic E-state index is 0.104. The lowest BCUT2D eigenvalue weighted by Gasteiger charge is -2.19. The van der Waals surface area contributed by atoms with Crippen molar-refractivity contribution in [1.29, 1.82) is 0 Å². The third-order valence-corrected chi connectivity index (χ3v) is 5.30. The molecular formula is C25H21NO3. The molecule has 0 aliphatic carbocycles. The molecule has 4 heteroatoms. The Balaban J connectivity index is 1.90. The van der Waals surface area contributed by atoms with Crippen molar-refractivity contribution in [2.24, 2.45) is 0 Å². The normalized spacial score (nSPS) is 14.6. The number of fused-ring (bicyclic) bond motifs is 1. The van der Waals surface area contributed by atoms with E-state index in [0.717, 1.165) is 28.0 Å². The van der Waals surface area contributed by atoms with E-state index in [4.69, 9.17) is 4.74 Å². The lowest BCUT2D eigenvalue weighted by Crippen LogP contribution is -2.21. The summed E-state index contributed by atoms with van der Waals surface area (Å²) in [5.74, 6) is -0.521. The zero-order valence-electron chi connectivity index (χ0n) is 16.6. The summed E-state index contributed by atoms with van der Waals surface area (Å²) in [6.07, 6.45) is 0. The van der Waals surface area contributed by atoms with Crippen LogP contribution in [0.25, 0.3) is 11.1 Å². The van der Waals surface area contributed by atoms with Crippen molar-refractivity contribution in [3.05, 3.63) is 95.1 Å².